The number of ether oxygens (including phenoxy) is 1. The number of amides is 1. The van der Waals surface area contributed by atoms with Crippen LogP contribution in [0.5, 0.6) is 11.5 Å². The van der Waals surface area contributed by atoms with Crippen molar-refractivity contribution in [2.45, 2.75) is 0 Å². The lowest BCUT2D eigenvalue weighted by atomic mass is 10.2. The molecule has 0 atom stereocenters. The van der Waals surface area contributed by atoms with Gasteiger partial charge >= 0.3 is 5.91 Å². The highest BCUT2D eigenvalue weighted by Gasteiger charge is 2.12. The van der Waals surface area contributed by atoms with Crippen molar-refractivity contribution in [1.82, 2.24) is 5.43 Å². The van der Waals surface area contributed by atoms with Crippen molar-refractivity contribution in [2.75, 3.05) is 7.11 Å². The van der Waals surface area contributed by atoms with Gasteiger partial charge in [-0.2, -0.15) is 5.10 Å². The van der Waals surface area contributed by atoms with Crippen molar-refractivity contribution < 1.29 is 19.1 Å². The van der Waals surface area contributed by atoms with Gasteiger partial charge in [0.25, 0.3) is 0 Å². The third-order valence-electron chi connectivity index (χ3n) is 3.36. The van der Waals surface area contributed by atoms with Crippen LogP contribution in [-0.4, -0.2) is 24.3 Å². The molecule has 0 aliphatic carbocycles. The van der Waals surface area contributed by atoms with Crippen LogP contribution >= 0.6 is 31.9 Å². The number of aromatic hydroxyl groups is 1. The molecule has 0 saturated heterocycles. The van der Waals surface area contributed by atoms with E-state index < -0.39 is 5.91 Å². The Labute approximate surface area is 159 Å². The molecule has 0 unspecified atom stereocenters. The fraction of sp³-hybridized carbons (Fsp3) is 0.0588. The van der Waals surface area contributed by atoms with Crippen molar-refractivity contribution in [1.29, 1.82) is 0 Å². The van der Waals surface area contributed by atoms with Crippen molar-refractivity contribution in [3.63, 3.8) is 0 Å². The van der Waals surface area contributed by atoms with Gasteiger partial charge in [0.15, 0.2) is 17.3 Å². The number of furan rings is 1. The van der Waals surface area contributed by atoms with E-state index in [1.807, 2.05) is 12.1 Å². The molecule has 8 heteroatoms. The first-order chi connectivity index (χ1) is 12.0. The summed E-state index contributed by atoms with van der Waals surface area (Å²) in [5.74, 6) is -0.131. The van der Waals surface area contributed by atoms with E-state index in [9.17, 15) is 9.90 Å². The van der Waals surface area contributed by atoms with Gasteiger partial charge in [-0.1, -0.05) is 31.9 Å². The summed E-state index contributed by atoms with van der Waals surface area (Å²) < 4.78 is 12.1. The van der Waals surface area contributed by atoms with Gasteiger partial charge in [-0.25, -0.2) is 5.43 Å². The Hall–Kier alpha value is -2.32. The number of nitrogens with one attached hydrogen (secondary N) is 1. The molecule has 0 bridgehead atoms. The quantitative estimate of drug-likeness (QED) is 0.439. The monoisotopic (exact) mass is 466 g/mol. The van der Waals surface area contributed by atoms with Gasteiger partial charge < -0.3 is 14.3 Å². The number of hydrogen-bond acceptors (Lipinski definition) is 5. The maximum absolute atomic E-state index is 12.1. The first-order valence-corrected chi connectivity index (χ1v) is 8.65. The fourth-order valence-electron chi connectivity index (χ4n) is 2.19. The van der Waals surface area contributed by atoms with Crippen LogP contribution in [-0.2, 0) is 0 Å². The first-order valence-electron chi connectivity index (χ1n) is 7.07. The number of carbonyl (C=O) groups is 1. The highest BCUT2D eigenvalue weighted by atomic mass is 79.9. The molecule has 3 rings (SSSR count). The maximum atomic E-state index is 12.1. The maximum Gasteiger partial charge on any atom is 0.307 e. The molecule has 0 spiro atoms. The summed E-state index contributed by atoms with van der Waals surface area (Å²) in [6.45, 7) is 0. The molecule has 1 heterocycles. The predicted molar refractivity (Wildman–Crippen MR) is 101 cm³/mol. The van der Waals surface area contributed by atoms with Gasteiger partial charge in [-0.05, 0) is 36.4 Å². The zero-order chi connectivity index (χ0) is 18.0. The second kappa shape index (κ2) is 7.28. The molecular formula is C17H12Br2N2O4. The van der Waals surface area contributed by atoms with E-state index >= 15 is 0 Å². The number of benzene rings is 2. The van der Waals surface area contributed by atoms with E-state index in [1.54, 1.807) is 24.3 Å². The summed E-state index contributed by atoms with van der Waals surface area (Å²) in [7, 11) is 1.45. The average Bonchev–Trinajstić information content (AvgIpc) is 3.00. The highest BCUT2D eigenvalue weighted by Crippen LogP contribution is 2.32. The van der Waals surface area contributed by atoms with Crippen molar-refractivity contribution in [2.24, 2.45) is 5.10 Å². The van der Waals surface area contributed by atoms with Crippen LogP contribution in [0.15, 0.2) is 54.9 Å². The summed E-state index contributed by atoms with van der Waals surface area (Å²) in [6.07, 6.45) is 1.32. The smallest absolute Gasteiger partial charge is 0.307 e. The van der Waals surface area contributed by atoms with Crippen LogP contribution in [0.25, 0.3) is 11.0 Å². The van der Waals surface area contributed by atoms with Crippen LogP contribution in [0.2, 0.25) is 0 Å². The van der Waals surface area contributed by atoms with Crippen LogP contribution in [0.1, 0.15) is 16.1 Å². The van der Waals surface area contributed by atoms with Gasteiger partial charge in [0.05, 0.1) is 13.3 Å². The summed E-state index contributed by atoms with van der Waals surface area (Å²) in [6, 6.07) is 10.3. The SMILES string of the molecule is COc1cc(Br)cc(/C=N/NC(=O)c2cc3cc(Br)ccc3o2)c1O. The van der Waals surface area contributed by atoms with Crippen molar-refractivity contribution >= 4 is 55.0 Å². The third kappa shape index (κ3) is 3.85. The zero-order valence-electron chi connectivity index (χ0n) is 12.9. The Morgan fingerprint density at radius 2 is 2.04 bits per heavy atom. The summed E-state index contributed by atoms with van der Waals surface area (Å²) in [5, 5.41) is 14.7. The largest absolute Gasteiger partial charge is 0.504 e. The van der Waals surface area contributed by atoms with E-state index in [0.717, 1.165) is 9.86 Å². The topological polar surface area (TPSA) is 84.1 Å². The molecule has 3 aromatic rings. The fourth-order valence-corrected chi connectivity index (χ4v) is 3.02. The Morgan fingerprint density at radius 1 is 1.24 bits per heavy atom. The van der Waals surface area contributed by atoms with E-state index in [4.69, 9.17) is 9.15 Å². The summed E-state index contributed by atoms with van der Waals surface area (Å²) in [4.78, 5) is 12.1. The molecule has 0 aliphatic rings. The molecular weight excluding hydrogens is 456 g/mol. The number of phenolic OH excluding ortho intramolecular Hbond substituents is 1. The lowest BCUT2D eigenvalue weighted by Crippen LogP contribution is -2.16. The Morgan fingerprint density at radius 3 is 2.80 bits per heavy atom. The van der Waals surface area contributed by atoms with Crippen LogP contribution < -0.4 is 10.2 Å². The Balaban J connectivity index is 1.77. The van der Waals surface area contributed by atoms with E-state index in [-0.39, 0.29) is 11.5 Å². The van der Waals surface area contributed by atoms with Gasteiger partial charge in [0.2, 0.25) is 0 Å². The van der Waals surface area contributed by atoms with Crippen LogP contribution in [0.4, 0.5) is 0 Å². The molecule has 2 aromatic carbocycles. The number of rotatable bonds is 4. The second-order valence-electron chi connectivity index (χ2n) is 5.04. The van der Waals surface area contributed by atoms with Gasteiger partial charge in [0, 0.05) is 19.9 Å². The molecule has 0 aliphatic heterocycles. The number of fused-ring (bicyclic) bond motifs is 1. The highest BCUT2D eigenvalue weighted by molar-refractivity contribution is 9.10. The minimum atomic E-state index is -0.495. The molecule has 128 valence electrons. The Kier molecular flexibility index (Phi) is 5.10. The van der Waals surface area contributed by atoms with E-state index in [2.05, 4.69) is 42.4 Å². The molecule has 1 aromatic heterocycles. The van der Waals surface area contributed by atoms with Crippen molar-refractivity contribution in [3.05, 3.63) is 56.7 Å². The minimum Gasteiger partial charge on any atom is -0.504 e. The molecule has 0 fully saturated rings. The number of hydrazone groups is 1. The molecule has 25 heavy (non-hydrogen) atoms. The lowest BCUT2D eigenvalue weighted by Gasteiger charge is -2.06. The third-order valence-corrected chi connectivity index (χ3v) is 4.31. The van der Waals surface area contributed by atoms with Gasteiger partial charge in [0.1, 0.15) is 5.58 Å². The van der Waals surface area contributed by atoms with Gasteiger partial charge in [-0.3, -0.25) is 4.79 Å². The van der Waals surface area contributed by atoms with Gasteiger partial charge in [-0.15, -0.1) is 0 Å². The average molecular weight is 468 g/mol. The van der Waals surface area contributed by atoms with E-state index in [1.165, 1.54) is 13.3 Å². The second-order valence-corrected chi connectivity index (χ2v) is 6.87. The normalized spacial score (nSPS) is 11.2. The minimum absolute atomic E-state index is 0.0720. The number of nitrogens with zero attached hydrogens (tertiary/aromatic N) is 1. The lowest BCUT2D eigenvalue weighted by molar-refractivity contribution is 0.0929. The van der Waals surface area contributed by atoms with Crippen LogP contribution in [0, 0.1) is 0 Å². The summed E-state index contributed by atoms with van der Waals surface area (Å²) in [5.41, 5.74) is 3.36. The number of methoxy groups -OCH3 is 1. The molecule has 0 radical (unpaired) electrons. The predicted octanol–water partition coefficient (Wildman–Crippen LogP) is 4.44. The molecule has 2 N–H and O–H groups in total. The Bertz CT molecular complexity index is 982. The van der Waals surface area contributed by atoms with Crippen LogP contribution in [0.3, 0.4) is 0 Å². The molecule has 1 amide bonds. The number of phenols is 1. The number of hydrogen-bond donors (Lipinski definition) is 2. The molecule has 0 saturated carbocycles. The standard InChI is InChI=1S/C17H12Br2N2O4/c1-24-14-7-12(19)5-10(16(14)22)8-20-21-17(23)15-6-9-4-11(18)2-3-13(9)25-15/h2-8,22H,1H3,(H,21,23)/b20-8+. The zero-order valence-corrected chi connectivity index (χ0v) is 16.1. The number of carbonyl (C=O) groups excluding carboxylic acids is 1. The molecule has 6 nitrogen and oxygen atoms in total. The summed E-state index contributed by atoms with van der Waals surface area (Å²) >= 11 is 6.68. The van der Waals surface area contributed by atoms with Crippen molar-refractivity contribution in [3.8, 4) is 11.5 Å². The van der Waals surface area contributed by atoms with E-state index in [0.29, 0.717) is 21.4 Å². The number of halogens is 2. The first kappa shape index (κ1) is 17.5.